The predicted molar refractivity (Wildman–Crippen MR) is 485 cm³/mol. The number of fused-ring (bicyclic) bond motifs is 6. The van der Waals surface area contributed by atoms with Crippen LogP contribution in [0.3, 0.4) is 0 Å². The molecule has 21 unspecified atom stereocenters. The zero-order valence-corrected chi connectivity index (χ0v) is 74.8. The number of carbonyl (C=O) groups is 11. The number of nitrogens with one attached hydrogen (secondary N) is 10. The molecule has 9 aliphatic rings. The standard InChI is InChI=1S/C94H131N13O15S2.CH4.2H2/c1-56(2)23-19-24-57(3)68-37-38-69-67-36-35-64-50-65(39-41-93(64,6)70(67)40-42-94(68,69)7)122-92(121)95-43-18-17-32-72-82(111)104-81(59(5)110)89(118)103-78(87(116)101-76(53-108)58(4)109)55-124-123-54-77(86(115)98-73(47-60-25-11-9-12-26-60)83(112)99-75(85(114)97-72)49-63-51-96-71-31-16-15-30-66(63)71)102-84(113)74(48-61-27-13-10-14-28-61)100-88(117)79-33-21-45-106(79)91(120)80-34-22-46-107(80)90(119)62-29-20-44-105(8)52-62;;;/h9-16,20,25-31,35,44,51-52,56-59,65-81,96,108-110H,17-19,21-24,32-34,36-43,45-50,53-55H2,1-8H3,(H8-,95,97,98,99,100,101,102,103,104,111,112,113,114,115,116,117,118,121);1H4;2*1H/p+1/t57?,58?,59?,65-,66?,67?,68?,69?,70?,71?,72?,73?,74?,75?,76?,77?,78?,79?,80?,81?,93?,94?;;;/m0.../s1/i;;2*1+1. The second-order valence-electron chi connectivity index (χ2n) is 37.1. The monoisotopic (exact) mass is 1770 g/mol. The van der Waals surface area contributed by atoms with Crippen LogP contribution in [0.15, 0.2) is 133 Å². The van der Waals surface area contributed by atoms with E-state index in [2.05, 4.69) is 93.9 Å². The SMILES string of the molecule is C.CC(C)CCCC(C)C1CCC2C3CC=C4C[C@@H](OC(=O)NCCCCC5NC(=O)C(CC6=CNC7C=CC=CC67)NC(=O)C(Cc6ccccc6)NC(=O)C(NC(=O)C(Cc6ccccc6)NC(=O)C6CCCN6C(=O)C6CCCN6C(=O)c6ccc[n+](C)c6)CSSCC(C(=O)NC(CO)C(C)O)NC(=O)C(C(C)O)NC5=O)CCC4(C)C3CCC12C.[2HH].[2HH]. The van der Waals surface area contributed by atoms with Crippen molar-refractivity contribution in [3.05, 3.63) is 150 Å². The second-order valence-corrected chi connectivity index (χ2v) is 39.6. The summed E-state index contributed by atoms with van der Waals surface area (Å²) in [5.74, 6) is -4.36. The van der Waals surface area contributed by atoms with Crippen LogP contribution in [0.5, 0.6) is 0 Å². The molecule has 0 bridgehead atoms. The molecule has 28 nitrogen and oxygen atoms in total. The Hall–Kier alpha value is -9.10. The third-order valence-corrected chi connectivity index (χ3v) is 30.5. The smallest absolute Gasteiger partial charge is 0.407 e. The number of carbonyl (C=O) groups excluding carboxylic acids is 11. The molecule has 5 aliphatic carbocycles. The summed E-state index contributed by atoms with van der Waals surface area (Å²) in [6.45, 7) is 14.8. The van der Waals surface area contributed by atoms with Gasteiger partial charge in [-0.3, -0.25) is 47.9 Å². The summed E-state index contributed by atoms with van der Waals surface area (Å²) in [6, 6.07) is 6.99. The van der Waals surface area contributed by atoms with Gasteiger partial charge in [0.05, 0.1) is 30.9 Å². The van der Waals surface area contributed by atoms with E-state index in [1.165, 1.54) is 69.3 Å². The molecular formula is C95H140N13O15S2+. The summed E-state index contributed by atoms with van der Waals surface area (Å²) in [7, 11) is 3.73. The van der Waals surface area contributed by atoms with Crippen LogP contribution in [-0.2, 0) is 67.8 Å². The van der Waals surface area contributed by atoms with Gasteiger partial charge in [-0.25, -0.2) is 9.36 Å². The molecule has 11 amide bonds. The first-order chi connectivity index (χ1) is 59.5. The van der Waals surface area contributed by atoms with E-state index in [0.717, 1.165) is 58.6 Å². The van der Waals surface area contributed by atoms with Crippen LogP contribution in [0.2, 0.25) is 0 Å². The van der Waals surface area contributed by atoms with Gasteiger partial charge in [0.1, 0.15) is 73.1 Å². The molecule has 1 aromatic heterocycles. The largest absolute Gasteiger partial charge is 0.446 e. The minimum atomic E-state index is -1.79. The van der Waals surface area contributed by atoms with E-state index in [1.807, 2.05) is 24.3 Å². The lowest BCUT2D eigenvalue weighted by Crippen LogP contribution is -2.62. The van der Waals surface area contributed by atoms with Crippen molar-refractivity contribution in [3.63, 3.8) is 0 Å². The Morgan fingerprint density at radius 3 is 2.08 bits per heavy atom. The Bertz CT molecular complexity index is 4410. The number of hydrogen-bond donors (Lipinski definition) is 13. The zero-order valence-electron chi connectivity index (χ0n) is 73.2. The van der Waals surface area contributed by atoms with Crippen LogP contribution in [-0.4, -0.2) is 213 Å². The fraction of sp³-hybridized carbons (Fsp3) is 0.621. The number of ether oxygens (including phenoxy) is 1. The number of aliphatic hydroxyl groups excluding tert-OH is 3. The molecule has 0 spiro atoms. The third-order valence-electron chi connectivity index (χ3n) is 28.1. The maximum atomic E-state index is 15.6. The third kappa shape index (κ3) is 24.2. The minimum absolute atomic E-state index is 0. The summed E-state index contributed by atoms with van der Waals surface area (Å²) < 4.78 is 7.93. The molecule has 12 rings (SSSR count). The number of aromatic nitrogens is 1. The molecule has 2 aromatic carbocycles. The molecule has 3 aromatic rings. The lowest BCUT2D eigenvalue weighted by Gasteiger charge is -2.58. The van der Waals surface area contributed by atoms with Crippen LogP contribution >= 0.6 is 21.6 Å². The van der Waals surface area contributed by atoms with E-state index in [0.29, 0.717) is 77.7 Å². The Morgan fingerprint density at radius 2 is 1.37 bits per heavy atom. The fourth-order valence-electron chi connectivity index (χ4n) is 21.2. The van der Waals surface area contributed by atoms with Crippen LogP contribution in [0.1, 0.15) is 202 Å². The van der Waals surface area contributed by atoms with Crippen molar-refractivity contribution in [2.24, 2.45) is 59.3 Å². The second kappa shape index (κ2) is 44.6. The number of hydrogen-bond acceptors (Lipinski definition) is 18. The van der Waals surface area contributed by atoms with E-state index >= 15 is 24.0 Å². The highest BCUT2D eigenvalue weighted by Gasteiger charge is 2.60. The zero-order chi connectivity index (χ0) is 88.5. The van der Waals surface area contributed by atoms with Crippen molar-refractivity contribution in [1.29, 1.82) is 0 Å². The van der Waals surface area contributed by atoms with Gasteiger partial charge in [0.2, 0.25) is 53.2 Å². The Kier molecular flexibility index (Phi) is 34.4. The van der Waals surface area contributed by atoms with Crippen LogP contribution in [0.25, 0.3) is 0 Å². The number of alkyl carbamates (subject to hydrolysis) is 1. The molecule has 0 radical (unpaired) electrons. The van der Waals surface area contributed by atoms with E-state index in [-0.39, 0.29) is 109 Å². The Morgan fingerprint density at radius 1 is 0.688 bits per heavy atom. The molecule has 3 saturated heterocycles. The molecule has 686 valence electrons. The van der Waals surface area contributed by atoms with Crippen molar-refractivity contribution >= 4 is 86.8 Å². The fourth-order valence-corrected chi connectivity index (χ4v) is 23.5. The van der Waals surface area contributed by atoms with Gasteiger partial charge in [-0.15, -0.1) is 0 Å². The van der Waals surface area contributed by atoms with Gasteiger partial charge in [0, 0.05) is 65.2 Å². The molecular weight excluding hydrogens is 1630 g/mol. The summed E-state index contributed by atoms with van der Waals surface area (Å²) >= 11 is 0. The average molecular weight is 1770 g/mol. The van der Waals surface area contributed by atoms with Gasteiger partial charge < -0.3 is 83.0 Å². The highest BCUT2D eigenvalue weighted by atomic mass is 33.1. The number of rotatable bonds is 28. The predicted octanol–water partition coefficient (Wildman–Crippen LogP) is 8.04. The quantitative estimate of drug-likeness (QED) is 0.0141. The van der Waals surface area contributed by atoms with Gasteiger partial charge in [-0.2, -0.15) is 0 Å². The van der Waals surface area contributed by atoms with Gasteiger partial charge in [-0.05, 0) is 185 Å². The molecule has 125 heavy (non-hydrogen) atoms. The summed E-state index contributed by atoms with van der Waals surface area (Å²) in [4.78, 5) is 167. The Balaban J connectivity index is 0.00000607. The van der Waals surface area contributed by atoms with Gasteiger partial charge in [0.15, 0.2) is 12.4 Å². The summed E-state index contributed by atoms with van der Waals surface area (Å²) in [6.07, 6.45) is 25.7. The lowest BCUT2D eigenvalue weighted by molar-refractivity contribution is -0.671. The van der Waals surface area contributed by atoms with Crippen molar-refractivity contribution in [2.45, 2.75) is 276 Å². The highest BCUT2D eigenvalue weighted by molar-refractivity contribution is 8.76. The topological polar surface area (TPSA) is 388 Å². The summed E-state index contributed by atoms with van der Waals surface area (Å²) in [5.41, 5.74) is 4.12. The Labute approximate surface area is 748 Å². The maximum absolute atomic E-state index is 15.6. The molecule has 4 aliphatic heterocycles. The molecule has 13 N–H and O–H groups in total. The van der Waals surface area contributed by atoms with Crippen molar-refractivity contribution < 1.29 is 80.2 Å². The number of benzene rings is 2. The number of pyridine rings is 1. The lowest BCUT2D eigenvalue weighted by atomic mass is 9.47. The number of aliphatic hydroxyl groups is 3. The van der Waals surface area contributed by atoms with E-state index in [9.17, 15) is 44.1 Å². The first-order valence-corrected chi connectivity index (χ1v) is 47.7. The van der Waals surface area contributed by atoms with Gasteiger partial charge in [0.25, 0.3) is 5.91 Å². The highest BCUT2D eigenvalue weighted by Crippen LogP contribution is 2.67. The minimum Gasteiger partial charge on any atom is -0.446 e. The summed E-state index contributed by atoms with van der Waals surface area (Å²) in [5, 5.41) is 61.0. The number of allylic oxidation sites excluding steroid dienone is 3. The maximum Gasteiger partial charge on any atom is 0.407 e. The van der Waals surface area contributed by atoms with E-state index < -0.39 is 138 Å². The molecule has 22 atom stereocenters. The van der Waals surface area contributed by atoms with Gasteiger partial charge in [-0.1, -0.05) is 180 Å². The number of aryl methyl sites for hydroxylation is 1. The van der Waals surface area contributed by atoms with Crippen LogP contribution in [0, 0.1) is 52.3 Å². The van der Waals surface area contributed by atoms with Crippen molar-refractivity contribution in [3.8, 4) is 0 Å². The van der Waals surface area contributed by atoms with Crippen LogP contribution < -0.4 is 57.7 Å². The van der Waals surface area contributed by atoms with Crippen LogP contribution in [0.4, 0.5) is 4.79 Å². The molecule has 30 heteroatoms. The first-order valence-electron chi connectivity index (χ1n) is 45.2. The van der Waals surface area contributed by atoms with E-state index in [1.54, 1.807) is 108 Å². The number of unbranched alkanes of at least 4 members (excludes halogenated alkanes) is 1. The van der Waals surface area contributed by atoms with Gasteiger partial charge >= 0.3 is 6.09 Å². The number of nitrogens with zero attached hydrogens (tertiary/aromatic N) is 3. The number of likely N-dealkylation sites (tertiary alicyclic amines) is 2. The normalized spacial score (nSPS) is 30.1. The molecule has 3 saturated carbocycles. The van der Waals surface area contributed by atoms with E-state index in [4.69, 9.17) is 4.74 Å². The average Bonchev–Trinajstić information content (AvgIpc) is 1.65. The van der Waals surface area contributed by atoms with Crippen molar-refractivity contribution in [1.82, 2.24) is 63.0 Å². The first kappa shape index (κ1) is 96.5. The molecule has 5 heterocycles. The molecule has 6 fully saturated rings. The number of amides is 11. The van der Waals surface area contributed by atoms with Crippen molar-refractivity contribution in [2.75, 3.05) is 37.7 Å².